The van der Waals surface area contributed by atoms with E-state index in [4.69, 9.17) is 43.9 Å². The summed E-state index contributed by atoms with van der Waals surface area (Å²) in [6.45, 7) is 0. The summed E-state index contributed by atoms with van der Waals surface area (Å²) < 4.78 is 10.8. The molecule has 0 spiro atoms. The van der Waals surface area contributed by atoms with Gasteiger partial charge in [0, 0.05) is 11.4 Å². The monoisotopic (exact) mass is 436 g/mol. The average molecular weight is 436 g/mol. The molecule has 10 nitrogen and oxygen atoms in total. The van der Waals surface area contributed by atoms with Crippen molar-refractivity contribution in [3.05, 3.63) is 60.2 Å². The summed E-state index contributed by atoms with van der Waals surface area (Å²) in [6, 6.07) is 14.4. The molecule has 0 aliphatic heterocycles. The third-order valence-electron chi connectivity index (χ3n) is 4.59. The molecule has 0 saturated heterocycles. The number of hydrogen-bond acceptors (Lipinski definition) is 10. The van der Waals surface area contributed by atoms with Crippen LogP contribution in [-0.2, 0) is 16.0 Å². The molecule has 0 aliphatic rings. The van der Waals surface area contributed by atoms with E-state index >= 15 is 0 Å². The van der Waals surface area contributed by atoms with Gasteiger partial charge < -0.3 is 43.9 Å². The molecule has 10 heteroatoms. The Labute approximate surface area is 184 Å². The van der Waals surface area contributed by atoms with Crippen molar-refractivity contribution in [2.45, 2.75) is 6.42 Å². The SMILES string of the molecule is Nc1cc(N)c(OC(=O)C(Cc2ccccc2)C(=O)Oc2c(N)cc(N)cc2N)c(N)c1. The van der Waals surface area contributed by atoms with E-state index in [1.807, 2.05) is 0 Å². The summed E-state index contributed by atoms with van der Waals surface area (Å²) in [4.78, 5) is 26.0. The quantitative estimate of drug-likeness (QED) is 0.142. The number of rotatable bonds is 6. The third-order valence-corrected chi connectivity index (χ3v) is 4.59. The van der Waals surface area contributed by atoms with Crippen molar-refractivity contribution in [1.29, 1.82) is 0 Å². The molecule has 0 heterocycles. The number of ether oxygens (including phenoxy) is 2. The van der Waals surface area contributed by atoms with Crippen LogP contribution in [0.2, 0.25) is 0 Å². The molecular formula is C22H24N6O4. The minimum atomic E-state index is -1.37. The molecule has 0 unspecified atom stereocenters. The Balaban J connectivity index is 1.91. The maximum Gasteiger partial charge on any atom is 0.326 e. The van der Waals surface area contributed by atoms with Crippen LogP contribution in [0.1, 0.15) is 5.56 Å². The standard InChI is InChI=1S/C22H24N6O4/c23-12-7-15(25)19(16(26)8-12)31-21(29)14(6-11-4-2-1-3-5-11)22(30)32-20-17(27)9-13(24)10-18(20)28/h1-5,7-10,14H,6,23-28H2. The Kier molecular flexibility index (Phi) is 6.24. The van der Waals surface area contributed by atoms with Gasteiger partial charge in [0.25, 0.3) is 0 Å². The highest BCUT2D eigenvalue weighted by Gasteiger charge is 2.33. The van der Waals surface area contributed by atoms with Crippen LogP contribution in [0.3, 0.4) is 0 Å². The van der Waals surface area contributed by atoms with Crippen LogP contribution in [-0.4, -0.2) is 11.9 Å². The van der Waals surface area contributed by atoms with E-state index in [9.17, 15) is 9.59 Å². The first kappa shape index (κ1) is 22.1. The number of nitrogens with two attached hydrogens (primary N) is 6. The first-order valence-electron chi connectivity index (χ1n) is 9.52. The highest BCUT2D eigenvalue weighted by Crippen LogP contribution is 2.34. The zero-order chi connectivity index (χ0) is 23.4. The van der Waals surface area contributed by atoms with Crippen LogP contribution in [0.4, 0.5) is 34.1 Å². The average Bonchev–Trinajstić information content (AvgIpc) is 2.72. The van der Waals surface area contributed by atoms with E-state index in [-0.39, 0.29) is 40.7 Å². The molecule has 12 N–H and O–H groups in total. The molecule has 3 aromatic rings. The second kappa shape index (κ2) is 9.04. The highest BCUT2D eigenvalue weighted by atomic mass is 16.6. The smallest absolute Gasteiger partial charge is 0.326 e. The number of nitrogen functional groups attached to an aromatic ring is 6. The van der Waals surface area contributed by atoms with Crippen LogP contribution in [0.15, 0.2) is 54.6 Å². The van der Waals surface area contributed by atoms with Crippen molar-refractivity contribution in [3.63, 3.8) is 0 Å². The van der Waals surface area contributed by atoms with Gasteiger partial charge in [-0.1, -0.05) is 30.3 Å². The third kappa shape index (κ3) is 4.93. The van der Waals surface area contributed by atoms with Crippen molar-refractivity contribution in [3.8, 4) is 11.5 Å². The van der Waals surface area contributed by atoms with Gasteiger partial charge in [-0.15, -0.1) is 0 Å². The lowest BCUT2D eigenvalue weighted by Gasteiger charge is -2.18. The molecule has 0 aliphatic carbocycles. The van der Waals surface area contributed by atoms with Crippen molar-refractivity contribution in [2.75, 3.05) is 34.4 Å². The van der Waals surface area contributed by atoms with E-state index in [0.717, 1.165) is 0 Å². The van der Waals surface area contributed by atoms with Gasteiger partial charge in [0.15, 0.2) is 17.4 Å². The fraction of sp³-hybridized carbons (Fsp3) is 0.0909. The second-order valence-corrected chi connectivity index (χ2v) is 7.14. The van der Waals surface area contributed by atoms with Crippen LogP contribution in [0.25, 0.3) is 0 Å². The predicted octanol–water partition coefficient (Wildman–Crippen LogP) is 1.55. The summed E-state index contributed by atoms with van der Waals surface area (Å²) in [5.74, 6) is -3.41. The Bertz CT molecular complexity index is 1050. The predicted molar refractivity (Wildman–Crippen MR) is 124 cm³/mol. The lowest BCUT2D eigenvalue weighted by atomic mass is 9.99. The normalized spacial score (nSPS) is 10.7. The Morgan fingerprint density at radius 2 is 1.03 bits per heavy atom. The molecule has 0 aromatic heterocycles. The van der Waals surface area contributed by atoms with Gasteiger partial charge in [0.05, 0.1) is 22.7 Å². The highest BCUT2D eigenvalue weighted by molar-refractivity contribution is 5.99. The lowest BCUT2D eigenvalue weighted by Crippen LogP contribution is -2.34. The minimum absolute atomic E-state index is 0.0118. The summed E-state index contributed by atoms with van der Waals surface area (Å²) in [5.41, 5.74) is 36.4. The number of benzene rings is 3. The van der Waals surface area contributed by atoms with E-state index in [0.29, 0.717) is 16.9 Å². The molecule has 166 valence electrons. The minimum Gasteiger partial charge on any atom is -0.421 e. The van der Waals surface area contributed by atoms with Crippen LogP contribution in [0, 0.1) is 5.92 Å². The first-order chi connectivity index (χ1) is 15.2. The number of carbonyl (C=O) groups is 2. The van der Waals surface area contributed by atoms with Crippen molar-refractivity contribution >= 4 is 46.1 Å². The van der Waals surface area contributed by atoms with Gasteiger partial charge in [-0.3, -0.25) is 9.59 Å². The van der Waals surface area contributed by atoms with Crippen LogP contribution in [0.5, 0.6) is 11.5 Å². The van der Waals surface area contributed by atoms with Crippen LogP contribution >= 0.6 is 0 Å². The molecular weight excluding hydrogens is 412 g/mol. The van der Waals surface area contributed by atoms with Gasteiger partial charge >= 0.3 is 11.9 Å². The van der Waals surface area contributed by atoms with Crippen molar-refractivity contribution in [1.82, 2.24) is 0 Å². The number of hydrogen-bond donors (Lipinski definition) is 6. The molecule has 0 amide bonds. The molecule has 0 bridgehead atoms. The van der Waals surface area contributed by atoms with Gasteiger partial charge in [-0.25, -0.2) is 0 Å². The molecule has 0 saturated carbocycles. The van der Waals surface area contributed by atoms with Gasteiger partial charge in [0.1, 0.15) is 0 Å². The molecule has 0 atom stereocenters. The van der Waals surface area contributed by atoms with E-state index in [1.165, 1.54) is 24.3 Å². The van der Waals surface area contributed by atoms with E-state index in [1.54, 1.807) is 30.3 Å². The molecule has 0 fully saturated rings. The molecule has 3 aromatic carbocycles. The fourth-order valence-electron chi connectivity index (χ4n) is 3.09. The van der Waals surface area contributed by atoms with E-state index < -0.39 is 17.9 Å². The Morgan fingerprint density at radius 1 is 0.656 bits per heavy atom. The molecule has 3 rings (SSSR count). The Hall–Kier alpha value is -4.60. The summed E-state index contributed by atoms with van der Waals surface area (Å²) in [5, 5.41) is 0. The van der Waals surface area contributed by atoms with Gasteiger partial charge in [-0.2, -0.15) is 0 Å². The maximum absolute atomic E-state index is 13.0. The molecule has 32 heavy (non-hydrogen) atoms. The summed E-state index contributed by atoms with van der Waals surface area (Å²) in [7, 11) is 0. The topological polar surface area (TPSA) is 209 Å². The number of esters is 2. The van der Waals surface area contributed by atoms with Gasteiger partial charge in [0.2, 0.25) is 0 Å². The zero-order valence-corrected chi connectivity index (χ0v) is 17.1. The first-order valence-corrected chi connectivity index (χ1v) is 9.52. The number of carbonyl (C=O) groups excluding carboxylic acids is 2. The van der Waals surface area contributed by atoms with Crippen molar-refractivity contribution < 1.29 is 19.1 Å². The largest absolute Gasteiger partial charge is 0.421 e. The second-order valence-electron chi connectivity index (χ2n) is 7.14. The fourth-order valence-corrected chi connectivity index (χ4v) is 3.09. The van der Waals surface area contributed by atoms with Crippen molar-refractivity contribution in [2.24, 2.45) is 5.92 Å². The summed E-state index contributed by atoms with van der Waals surface area (Å²) >= 11 is 0. The lowest BCUT2D eigenvalue weighted by molar-refractivity contribution is -0.151. The Morgan fingerprint density at radius 3 is 1.41 bits per heavy atom. The van der Waals surface area contributed by atoms with Gasteiger partial charge in [-0.05, 0) is 36.2 Å². The summed E-state index contributed by atoms with van der Waals surface area (Å²) in [6.07, 6.45) is -0.0118. The zero-order valence-electron chi connectivity index (χ0n) is 17.1. The molecule has 0 radical (unpaired) electrons. The maximum atomic E-state index is 13.0. The van der Waals surface area contributed by atoms with Crippen LogP contribution < -0.4 is 43.9 Å². The van der Waals surface area contributed by atoms with E-state index in [2.05, 4.69) is 0 Å². The number of anilines is 6.